The molecular formula is C11H16N2O4. The Kier molecular flexibility index (Phi) is 3.88. The van der Waals surface area contributed by atoms with Crippen LogP contribution in [0.5, 0.6) is 0 Å². The van der Waals surface area contributed by atoms with E-state index in [4.69, 9.17) is 4.74 Å². The largest absolute Gasteiger partial charge is 0.459 e. The highest BCUT2D eigenvalue weighted by atomic mass is 16.5. The number of nitrogens with one attached hydrogen (secondary N) is 2. The Morgan fingerprint density at radius 1 is 1.35 bits per heavy atom. The van der Waals surface area contributed by atoms with E-state index in [1.54, 1.807) is 13.8 Å². The van der Waals surface area contributed by atoms with Crippen LogP contribution in [-0.4, -0.2) is 15.9 Å². The first-order chi connectivity index (χ1) is 7.85. The summed E-state index contributed by atoms with van der Waals surface area (Å²) >= 11 is 0. The topological polar surface area (TPSA) is 92.0 Å². The number of aromatic amines is 2. The van der Waals surface area contributed by atoms with Crippen LogP contribution in [-0.2, 0) is 16.1 Å². The normalized spacial score (nSPS) is 11.2. The summed E-state index contributed by atoms with van der Waals surface area (Å²) in [5.41, 5.74) is -1.42. The Morgan fingerprint density at radius 2 is 2.00 bits per heavy atom. The minimum absolute atomic E-state index is 0.110. The Labute approximate surface area is 98.0 Å². The van der Waals surface area contributed by atoms with Gasteiger partial charge in [0.15, 0.2) is 0 Å². The summed E-state index contributed by atoms with van der Waals surface area (Å²) in [6.45, 7) is 5.32. The van der Waals surface area contributed by atoms with Crippen molar-refractivity contribution in [2.24, 2.45) is 5.41 Å². The second-order valence-electron chi connectivity index (χ2n) is 4.43. The molecule has 0 saturated carbocycles. The molecule has 1 heterocycles. The van der Waals surface area contributed by atoms with E-state index in [1.165, 1.54) is 6.07 Å². The third-order valence-corrected chi connectivity index (χ3v) is 2.61. The Bertz CT molecular complexity index is 484. The fourth-order valence-corrected chi connectivity index (χ4v) is 1.08. The summed E-state index contributed by atoms with van der Waals surface area (Å²) in [4.78, 5) is 38.0. The number of H-pyrrole nitrogens is 2. The Morgan fingerprint density at radius 3 is 2.53 bits per heavy atom. The molecule has 0 aliphatic heterocycles. The third-order valence-electron chi connectivity index (χ3n) is 2.61. The quantitative estimate of drug-likeness (QED) is 0.751. The van der Waals surface area contributed by atoms with Gasteiger partial charge in [-0.25, -0.2) is 4.79 Å². The van der Waals surface area contributed by atoms with Gasteiger partial charge in [-0.2, -0.15) is 0 Å². The van der Waals surface area contributed by atoms with Crippen LogP contribution in [0.25, 0.3) is 0 Å². The van der Waals surface area contributed by atoms with Gasteiger partial charge in [-0.1, -0.05) is 6.92 Å². The molecule has 0 spiro atoms. The van der Waals surface area contributed by atoms with Crippen LogP contribution in [0, 0.1) is 5.41 Å². The molecule has 6 nitrogen and oxygen atoms in total. The van der Waals surface area contributed by atoms with Crippen molar-refractivity contribution in [1.29, 1.82) is 0 Å². The van der Waals surface area contributed by atoms with E-state index < -0.39 is 16.7 Å². The molecule has 17 heavy (non-hydrogen) atoms. The van der Waals surface area contributed by atoms with E-state index >= 15 is 0 Å². The van der Waals surface area contributed by atoms with Crippen molar-refractivity contribution in [3.63, 3.8) is 0 Å². The van der Waals surface area contributed by atoms with Gasteiger partial charge < -0.3 is 9.72 Å². The maximum Gasteiger partial charge on any atom is 0.326 e. The summed E-state index contributed by atoms with van der Waals surface area (Å²) in [5.74, 6) is -0.360. The van der Waals surface area contributed by atoms with Crippen LogP contribution in [0.15, 0.2) is 15.7 Å². The van der Waals surface area contributed by atoms with Crippen molar-refractivity contribution in [2.75, 3.05) is 0 Å². The summed E-state index contributed by atoms with van der Waals surface area (Å²) in [5, 5.41) is 0. The molecule has 0 unspecified atom stereocenters. The molecule has 0 radical (unpaired) electrons. The molecule has 0 aromatic carbocycles. The average molecular weight is 240 g/mol. The lowest BCUT2D eigenvalue weighted by Gasteiger charge is -2.20. The number of esters is 1. The van der Waals surface area contributed by atoms with E-state index in [0.717, 1.165) is 0 Å². The highest BCUT2D eigenvalue weighted by Gasteiger charge is 2.27. The highest BCUT2D eigenvalue weighted by molar-refractivity contribution is 5.75. The Hall–Kier alpha value is -1.85. The fourth-order valence-electron chi connectivity index (χ4n) is 1.08. The van der Waals surface area contributed by atoms with Gasteiger partial charge in [-0.05, 0) is 20.3 Å². The lowest BCUT2D eigenvalue weighted by Crippen LogP contribution is -2.27. The molecular weight excluding hydrogens is 224 g/mol. The first-order valence-corrected chi connectivity index (χ1v) is 5.35. The molecule has 0 atom stereocenters. The molecule has 0 amide bonds. The minimum Gasteiger partial charge on any atom is -0.459 e. The van der Waals surface area contributed by atoms with E-state index in [1.807, 2.05) is 11.9 Å². The average Bonchev–Trinajstić information content (AvgIpc) is 2.24. The number of hydrogen-bond donors (Lipinski definition) is 2. The van der Waals surface area contributed by atoms with Crippen molar-refractivity contribution < 1.29 is 9.53 Å². The van der Waals surface area contributed by atoms with Crippen molar-refractivity contribution in [3.8, 4) is 0 Å². The Balaban J connectivity index is 2.71. The molecule has 1 rings (SSSR count). The SMILES string of the molecule is CCC(C)(C)C(=O)OCc1cc(=O)[nH]c(=O)[nH]1. The van der Waals surface area contributed by atoms with Gasteiger partial charge in [0, 0.05) is 6.07 Å². The van der Waals surface area contributed by atoms with E-state index in [2.05, 4.69) is 4.98 Å². The zero-order valence-electron chi connectivity index (χ0n) is 10.1. The number of hydrogen-bond acceptors (Lipinski definition) is 4. The molecule has 94 valence electrons. The van der Waals surface area contributed by atoms with Gasteiger partial charge in [-0.15, -0.1) is 0 Å². The molecule has 0 aliphatic carbocycles. The molecule has 1 aromatic heterocycles. The number of carbonyl (C=O) groups is 1. The zero-order valence-corrected chi connectivity index (χ0v) is 10.1. The van der Waals surface area contributed by atoms with Crippen LogP contribution in [0.4, 0.5) is 0 Å². The molecule has 2 N–H and O–H groups in total. The monoisotopic (exact) mass is 240 g/mol. The minimum atomic E-state index is -0.613. The van der Waals surface area contributed by atoms with Crippen molar-refractivity contribution in [3.05, 3.63) is 32.6 Å². The van der Waals surface area contributed by atoms with E-state index in [0.29, 0.717) is 6.42 Å². The van der Waals surface area contributed by atoms with E-state index in [-0.39, 0.29) is 18.3 Å². The number of carbonyl (C=O) groups excluding carboxylic acids is 1. The fraction of sp³-hybridized carbons (Fsp3) is 0.545. The molecule has 0 fully saturated rings. The maximum atomic E-state index is 11.6. The molecule has 1 aromatic rings. The molecule has 6 heteroatoms. The van der Waals surface area contributed by atoms with Crippen LogP contribution in [0.1, 0.15) is 32.9 Å². The summed E-state index contributed by atoms with van der Waals surface area (Å²) in [7, 11) is 0. The molecule has 0 saturated heterocycles. The zero-order chi connectivity index (χ0) is 13.1. The molecule has 0 aliphatic rings. The first-order valence-electron chi connectivity index (χ1n) is 5.35. The summed E-state index contributed by atoms with van der Waals surface area (Å²) in [6.07, 6.45) is 0.651. The second-order valence-corrected chi connectivity index (χ2v) is 4.43. The number of rotatable bonds is 4. The van der Waals surface area contributed by atoms with Crippen LogP contribution in [0.2, 0.25) is 0 Å². The van der Waals surface area contributed by atoms with Crippen LogP contribution >= 0.6 is 0 Å². The standard InChI is InChI=1S/C11H16N2O4/c1-4-11(2,3)9(15)17-6-7-5-8(14)13-10(16)12-7/h5H,4,6H2,1-3H3,(H2,12,13,14,16). The predicted molar refractivity (Wildman–Crippen MR) is 61.6 cm³/mol. The highest BCUT2D eigenvalue weighted by Crippen LogP contribution is 2.21. The lowest BCUT2D eigenvalue weighted by molar-refractivity contribution is -0.155. The van der Waals surface area contributed by atoms with Gasteiger partial charge in [0.05, 0.1) is 11.1 Å². The smallest absolute Gasteiger partial charge is 0.326 e. The summed E-state index contributed by atoms with van der Waals surface area (Å²) < 4.78 is 5.03. The van der Waals surface area contributed by atoms with Crippen LogP contribution in [0.3, 0.4) is 0 Å². The predicted octanol–water partition coefficient (Wildman–Crippen LogP) is 0.543. The van der Waals surface area contributed by atoms with Gasteiger partial charge in [-0.3, -0.25) is 14.6 Å². The van der Waals surface area contributed by atoms with Gasteiger partial charge in [0.2, 0.25) is 0 Å². The van der Waals surface area contributed by atoms with Crippen LogP contribution < -0.4 is 11.2 Å². The summed E-state index contributed by atoms with van der Waals surface area (Å²) in [6, 6.07) is 1.19. The lowest BCUT2D eigenvalue weighted by atomic mass is 9.91. The number of aromatic nitrogens is 2. The van der Waals surface area contributed by atoms with Gasteiger partial charge in [0.1, 0.15) is 6.61 Å². The maximum absolute atomic E-state index is 11.6. The van der Waals surface area contributed by atoms with Crippen molar-refractivity contribution >= 4 is 5.97 Å². The van der Waals surface area contributed by atoms with Crippen molar-refractivity contribution in [2.45, 2.75) is 33.8 Å². The molecule has 0 bridgehead atoms. The third kappa shape index (κ3) is 3.58. The van der Waals surface area contributed by atoms with Gasteiger partial charge >= 0.3 is 11.7 Å². The first kappa shape index (κ1) is 13.2. The second kappa shape index (κ2) is 4.99. The van der Waals surface area contributed by atoms with Crippen molar-refractivity contribution in [1.82, 2.24) is 9.97 Å². The van der Waals surface area contributed by atoms with Gasteiger partial charge in [0.25, 0.3) is 5.56 Å². The number of ether oxygens (including phenoxy) is 1. The van der Waals surface area contributed by atoms with E-state index in [9.17, 15) is 14.4 Å².